The van der Waals surface area contributed by atoms with Crippen LogP contribution in [0.2, 0.25) is 0 Å². The first-order valence-corrected chi connectivity index (χ1v) is 4.32. The summed E-state index contributed by atoms with van der Waals surface area (Å²) in [5.41, 5.74) is 0.481. The zero-order chi connectivity index (χ0) is 9.97. The fraction of sp³-hybridized carbons (Fsp3) is 0.300. The highest BCUT2D eigenvalue weighted by Crippen LogP contribution is 2.27. The van der Waals surface area contributed by atoms with Crippen molar-refractivity contribution in [3.8, 4) is 11.5 Å². The van der Waals surface area contributed by atoms with E-state index in [1.807, 2.05) is 0 Å². The van der Waals surface area contributed by atoms with Crippen molar-refractivity contribution >= 4 is 6.29 Å². The molecule has 74 valence electrons. The van der Waals surface area contributed by atoms with Crippen molar-refractivity contribution in [3.05, 3.63) is 23.8 Å². The fourth-order valence-corrected chi connectivity index (χ4v) is 1.07. The number of hydrogen-bond acceptors (Lipinski definition) is 4. The molecule has 0 radical (unpaired) electrons. The molecule has 0 amide bonds. The molecule has 14 heavy (non-hydrogen) atoms. The highest BCUT2D eigenvalue weighted by Gasteiger charge is 2.23. The highest BCUT2D eigenvalue weighted by molar-refractivity contribution is 5.76. The lowest BCUT2D eigenvalue weighted by Crippen LogP contribution is -2.04. The zero-order valence-electron chi connectivity index (χ0n) is 7.47. The summed E-state index contributed by atoms with van der Waals surface area (Å²) in [7, 11) is 0. The highest BCUT2D eigenvalue weighted by atomic mass is 16.6. The summed E-state index contributed by atoms with van der Waals surface area (Å²) >= 11 is 0. The molecule has 0 aromatic heterocycles. The van der Waals surface area contributed by atoms with Crippen LogP contribution in [0.3, 0.4) is 0 Å². The van der Waals surface area contributed by atoms with Crippen molar-refractivity contribution in [2.24, 2.45) is 0 Å². The normalized spacial score (nSPS) is 19.0. The smallest absolute Gasteiger partial charge is 0.161 e. The predicted octanol–water partition coefficient (Wildman–Crippen LogP) is 0.982. The van der Waals surface area contributed by atoms with Crippen LogP contribution in [-0.4, -0.2) is 30.7 Å². The van der Waals surface area contributed by atoms with E-state index in [0.717, 1.165) is 0 Å². The summed E-state index contributed by atoms with van der Waals surface area (Å²) in [6, 6.07) is 4.47. The van der Waals surface area contributed by atoms with Gasteiger partial charge in [0, 0.05) is 5.56 Å². The van der Waals surface area contributed by atoms with E-state index in [1.165, 1.54) is 18.2 Å². The lowest BCUT2D eigenvalue weighted by molar-refractivity contribution is 0.112. The molecule has 0 aliphatic carbocycles. The van der Waals surface area contributed by atoms with Gasteiger partial charge >= 0.3 is 0 Å². The lowest BCUT2D eigenvalue weighted by atomic mass is 10.2. The Morgan fingerprint density at radius 3 is 3.07 bits per heavy atom. The van der Waals surface area contributed by atoms with Crippen molar-refractivity contribution in [3.63, 3.8) is 0 Å². The molecule has 1 N–H and O–H groups in total. The Kier molecular flexibility index (Phi) is 2.37. The summed E-state index contributed by atoms with van der Waals surface area (Å²) in [4.78, 5) is 10.5. The molecule has 1 aromatic carbocycles. The lowest BCUT2D eigenvalue weighted by Gasteiger charge is -2.06. The molecule has 1 aliphatic heterocycles. The van der Waals surface area contributed by atoms with Gasteiger partial charge in [-0.2, -0.15) is 0 Å². The molecule has 1 fully saturated rings. The van der Waals surface area contributed by atoms with Gasteiger partial charge in [0.25, 0.3) is 0 Å². The number of ether oxygens (including phenoxy) is 2. The second kappa shape index (κ2) is 3.67. The fourth-order valence-electron chi connectivity index (χ4n) is 1.07. The Balaban J connectivity index is 2.08. The first-order valence-electron chi connectivity index (χ1n) is 4.32. The van der Waals surface area contributed by atoms with Gasteiger partial charge < -0.3 is 14.6 Å². The summed E-state index contributed by atoms with van der Waals surface area (Å²) in [5.74, 6) is 0.362. The van der Waals surface area contributed by atoms with Gasteiger partial charge in [-0.3, -0.25) is 4.79 Å². The molecule has 4 nitrogen and oxygen atoms in total. The van der Waals surface area contributed by atoms with Gasteiger partial charge in [0.1, 0.15) is 19.0 Å². The number of phenolic OH excluding ortho intramolecular Hbond substituents is 1. The maximum atomic E-state index is 10.5. The molecule has 0 unspecified atom stereocenters. The second-order valence-corrected chi connectivity index (χ2v) is 3.11. The van der Waals surface area contributed by atoms with Crippen LogP contribution in [0.25, 0.3) is 0 Å². The Morgan fingerprint density at radius 2 is 2.43 bits per heavy atom. The van der Waals surface area contributed by atoms with Gasteiger partial charge in [-0.05, 0) is 18.2 Å². The number of aldehydes is 1. The molecule has 0 bridgehead atoms. The number of hydrogen-bond donors (Lipinski definition) is 1. The average Bonchev–Trinajstić information content (AvgIpc) is 3.00. The maximum Gasteiger partial charge on any atom is 0.161 e. The van der Waals surface area contributed by atoms with E-state index in [4.69, 9.17) is 9.47 Å². The van der Waals surface area contributed by atoms with Crippen LogP contribution in [0.4, 0.5) is 0 Å². The van der Waals surface area contributed by atoms with Gasteiger partial charge in [0.15, 0.2) is 11.5 Å². The van der Waals surface area contributed by atoms with E-state index < -0.39 is 0 Å². The van der Waals surface area contributed by atoms with Gasteiger partial charge in [-0.1, -0.05) is 0 Å². The third kappa shape index (κ3) is 2.03. The van der Waals surface area contributed by atoms with Crippen LogP contribution in [0.5, 0.6) is 11.5 Å². The van der Waals surface area contributed by atoms with Crippen molar-refractivity contribution in [2.45, 2.75) is 6.10 Å². The minimum atomic E-state index is 0.0382. The minimum Gasteiger partial charge on any atom is -0.504 e. The van der Waals surface area contributed by atoms with E-state index in [2.05, 4.69) is 0 Å². The molecule has 1 atom stereocenters. The first kappa shape index (κ1) is 9.02. The molecule has 1 heterocycles. The molecule has 0 spiro atoms. The standard InChI is InChI=1S/C10H10O4/c11-4-7-1-2-9(12)10(3-7)14-6-8-5-13-8/h1-4,8,12H,5-6H2/t8-/m0/s1. The van der Waals surface area contributed by atoms with E-state index in [0.29, 0.717) is 30.8 Å². The van der Waals surface area contributed by atoms with Crippen molar-refractivity contribution in [1.29, 1.82) is 0 Å². The predicted molar refractivity (Wildman–Crippen MR) is 48.7 cm³/mol. The Hall–Kier alpha value is -1.55. The molecule has 1 saturated heterocycles. The van der Waals surface area contributed by atoms with Crippen LogP contribution < -0.4 is 4.74 Å². The van der Waals surface area contributed by atoms with E-state index in [9.17, 15) is 9.90 Å². The average molecular weight is 194 g/mol. The number of epoxide rings is 1. The van der Waals surface area contributed by atoms with Crippen molar-refractivity contribution in [2.75, 3.05) is 13.2 Å². The molecular weight excluding hydrogens is 184 g/mol. The maximum absolute atomic E-state index is 10.5. The zero-order valence-corrected chi connectivity index (χ0v) is 7.47. The number of phenols is 1. The Labute approximate surface area is 81.1 Å². The van der Waals surface area contributed by atoms with Crippen LogP contribution in [-0.2, 0) is 4.74 Å². The summed E-state index contributed by atoms with van der Waals surface area (Å²) < 4.78 is 10.2. The molecule has 4 heteroatoms. The summed E-state index contributed by atoms with van der Waals surface area (Å²) in [5, 5.41) is 9.38. The molecule has 1 aromatic rings. The van der Waals surface area contributed by atoms with E-state index in [-0.39, 0.29) is 11.9 Å². The molecule has 0 saturated carbocycles. The van der Waals surface area contributed by atoms with Crippen molar-refractivity contribution < 1.29 is 19.4 Å². The van der Waals surface area contributed by atoms with Gasteiger partial charge in [-0.25, -0.2) is 0 Å². The van der Waals surface area contributed by atoms with Gasteiger partial charge in [0.05, 0.1) is 6.61 Å². The second-order valence-electron chi connectivity index (χ2n) is 3.11. The van der Waals surface area contributed by atoms with Crippen LogP contribution in [0, 0.1) is 0 Å². The Bertz CT molecular complexity index is 344. The number of aromatic hydroxyl groups is 1. The monoisotopic (exact) mass is 194 g/mol. The Morgan fingerprint density at radius 1 is 1.64 bits per heavy atom. The number of benzene rings is 1. The van der Waals surface area contributed by atoms with Crippen molar-refractivity contribution in [1.82, 2.24) is 0 Å². The molecule has 2 rings (SSSR count). The third-order valence-corrected chi connectivity index (χ3v) is 1.95. The number of carbonyl (C=O) groups excluding carboxylic acids is 1. The van der Waals surface area contributed by atoms with Gasteiger partial charge in [-0.15, -0.1) is 0 Å². The number of carbonyl (C=O) groups is 1. The molecule has 1 aliphatic rings. The topological polar surface area (TPSA) is 59.1 Å². The first-order chi connectivity index (χ1) is 6.79. The van der Waals surface area contributed by atoms with E-state index in [1.54, 1.807) is 0 Å². The minimum absolute atomic E-state index is 0.0382. The molecular formula is C10H10O4. The SMILES string of the molecule is O=Cc1ccc(O)c(OC[C@@H]2CO2)c1. The summed E-state index contributed by atoms with van der Waals surface area (Å²) in [6.45, 7) is 1.12. The number of rotatable bonds is 4. The quantitative estimate of drug-likeness (QED) is 0.573. The van der Waals surface area contributed by atoms with Crippen LogP contribution in [0.15, 0.2) is 18.2 Å². The van der Waals surface area contributed by atoms with Gasteiger partial charge in [0.2, 0.25) is 0 Å². The van der Waals surface area contributed by atoms with Crippen LogP contribution in [0.1, 0.15) is 10.4 Å². The van der Waals surface area contributed by atoms with E-state index >= 15 is 0 Å². The summed E-state index contributed by atoms with van der Waals surface area (Å²) in [6.07, 6.45) is 0.842. The largest absolute Gasteiger partial charge is 0.504 e. The van der Waals surface area contributed by atoms with Crippen LogP contribution >= 0.6 is 0 Å². The third-order valence-electron chi connectivity index (χ3n) is 1.95.